The van der Waals surface area contributed by atoms with Crippen LogP contribution in [0.2, 0.25) is 0 Å². The molecule has 7 heteroatoms. The van der Waals surface area contributed by atoms with Crippen LogP contribution in [-0.2, 0) is 10.0 Å². The third-order valence-electron chi connectivity index (χ3n) is 2.15. The molecule has 0 amide bonds. The summed E-state index contributed by atoms with van der Waals surface area (Å²) in [6.45, 7) is 0. The molecule has 0 fully saturated rings. The van der Waals surface area contributed by atoms with Crippen LogP contribution in [0.4, 0.5) is 0 Å². The van der Waals surface area contributed by atoms with Gasteiger partial charge in [0.15, 0.2) is 0 Å². The summed E-state index contributed by atoms with van der Waals surface area (Å²) in [6.07, 6.45) is 6.78. The largest absolute Gasteiger partial charge is 0.368 e. The Kier molecular flexibility index (Phi) is 4.62. The normalized spacial score (nSPS) is 10.8. The van der Waals surface area contributed by atoms with E-state index >= 15 is 0 Å². The summed E-state index contributed by atoms with van der Waals surface area (Å²) in [5.74, 6) is 0. The van der Waals surface area contributed by atoms with Crippen molar-refractivity contribution < 1.29 is 8.42 Å². The van der Waals surface area contributed by atoms with Gasteiger partial charge < -0.3 is 4.98 Å². The Balaban J connectivity index is 0.000000224. The van der Waals surface area contributed by atoms with E-state index in [0.29, 0.717) is 4.21 Å². The number of nitrogens with zero attached hydrogens (tertiary/aromatic N) is 1. The molecule has 19 heavy (non-hydrogen) atoms. The van der Waals surface area contributed by atoms with E-state index in [1.807, 2.05) is 24.5 Å². The predicted octanol–water partition coefficient (Wildman–Crippen LogP) is 3.56. The minimum atomic E-state index is -3.37. The Morgan fingerprint density at radius 2 is 1.68 bits per heavy atom. The van der Waals surface area contributed by atoms with Gasteiger partial charge in [0.25, 0.3) is 10.0 Å². The van der Waals surface area contributed by atoms with E-state index in [9.17, 15) is 8.42 Å². The fourth-order valence-electron chi connectivity index (χ4n) is 1.30. The fourth-order valence-corrected chi connectivity index (χ4v) is 4.60. The van der Waals surface area contributed by atoms with Crippen molar-refractivity contribution in [2.45, 2.75) is 4.21 Å². The first kappa shape index (κ1) is 14.1. The highest BCUT2D eigenvalue weighted by atomic mass is 79.9. The van der Waals surface area contributed by atoms with Gasteiger partial charge in [0.05, 0.1) is 3.79 Å². The number of nitrogens with one attached hydrogen (secondary N) is 1. The van der Waals surface area contributed by atoms with E-state index in [1.165, 1.54) is 27.7 Å². The zero-order valence-electron chi connectivity index (χ0n) is 9.73. The van der Waals surface area contributed by atoms with Crippen LogP contribution in [0.25, 0.3) is 0 Å². The Bertz CT molecular complexity index is 684. The molecule has 0 aliphatic heterocycles. The highest BCUT2D eigenvalue weighted by Gasteiger charge is 2.17. The Morgan fingerprint density at radius 1 is 1.05 bits per heavy atom. The SMILES string of the molecule is O=S(=O)(c1ccc(Br)s1)n1cccc1.c1cc[nH]c1. The molecule has 3 rings (SSSR count). The van der Waals surface area contributed by atoms with Crippen molar-refractivity contribution in [3.8, 4) is 0 Å². The first-order chi connectivity index (χ1) is 9.10. The van der Waals surface area contributed by atoms with E-state index in [4.69, 9.17) is 0 Å². The molecule has 0 saturated carbocycles. The molecule has 0 bridgehead atoms. The van der Waals surface area contributed by atoms with Crippen LogP contribution < -0.4 is 0 Å². The predicted molar refractivity (Wildman–Crippen MR) is 79.8 cm³/mol. The zero-order chi connectivity index (χ0) is 13.7. The topological polar surface area (TPSA) is 54.9 Å². The maximum absolute atomic E-state index is 11.9. The van der Waals surface area contributed by atoms with E-state index in [1.54, 1.807) is 24.3 Å². The van der Waals surface area contributed by atoms with Gasteiger partial charge >= 0.3 is 0 Å². The highest BCUT2D eigenvalue weighted by Crippen LogP contribution is 2.27. The average molecular weight is 359 g/mol. The van der Waals surface area contributed by atoms with Crippen LogP contribution in [0.15, 0.2) is 69.2 Å². The number of H-pyrrole nitrogens is 1. The maximum Gasteiger partial charge on any atom is 0.277 e. The van der Waals surface area contributed by atoms with Crippen LogP contribution in [0.3, 0.4) is 0 Å². The van der Waals surface area contributed by atoms with Gasteiger partial charge in [-0.15, -0.1) is 11.3 Å². The van der Waals surface area contributed by atoms with Gasteiger partial charge in [-0.05, 0) is 52.3 Å². The molecule has 3 aromatic heterocycles. The van der Waals surface area contributed by atoms with Gasteiger partial charge in [0.1, 0.15) is 4.21 Å². The van der Waals surface area contributed by atoms with Crippen molar-refractivity contribution in [2.75, 3.05) is 0 Å². The molecule has 0 atom stereocenters. The van der Waals surface area contributed by atoms with Crippen molar-refractivity contribution in [3.63, 3.8) is 0 Å². The monoisotopic (exact) mass is 358 g/mol. The maximum atomic E-state index is 11.9. The zero-order valence-corrected chi connectivity index (χ0v) is 13.0. The van der Waals surface area contributed by atoms with Crippen molar-refractivity contribution in [1.29, 1.82) is 0 Å². The van der Waals surface area contributed by atoms with Crippen LogP contribution in [0.5, 0.6) is 0 Å². The molecule has 3 heterocycles. The molecular formula is C12H11BrN2O2S2. The van der Waals surface area contributed by atoms with Crippen molar-refractivity contribution in [3.05, 3.63) is 65.0 Å². The molecular weight excluding hydrogens is 348 g/mol. The molecule has 4 nitrogen and oxygen atoms in total. The molecule has 0 saturated heterocycles. The molecule has 0 aliphatic carbocycles. The lowest BCUT2D eigenvalue weighted by Crippen LogP contribution is -2.08. The lowest BCUT2D eigenvalue weighted by atomic mass is 10.7. The second-order valence-electron chi connectivity index (χ2n) is 3.46. The lowest BCUT2D eigenvalue weighted by Gasteiger charge is -2.01. The Labute approximate surface area is 123 Å². The summed E-state index contributed by atoms with van der Waals surface area (Å²) in [7, 11) is -3.37. The average Bonchev–Trinajstić information content (AvgIpc) is 3.14. The van der Waals surface area contributed by atoms with E-state index in [-0.39, 0.29) is 0 Å². The van der Waals surface area contributed by atoms with Crippen LogP contribution in [0, 0.1) is 0 Å². The van der Waals surface area contributed by atoms with Crippen molar-refractivity contribution in [1.82, 2.24) is 8.96 Å². The lowest BCUT2D eigenvalue weighted by molar-refractivity contribution is 0.589. The summed E-state index contributed by atoms with van der Waals surface area (Å²) in [4.78, 5) is 2.86. The minimum absolute atomic E-state index is 0.334. The first-order valence-electron chi connectivity index (χ1n) is 5.32. The number of aromatic nitrogens is 2. The van der Waals surface area contributed by atoms with Gasteiger partial charge in [0, 0.05) is 24.8 Å². The van der Waals surface area contributed by atoms with Crippen molar-refractivity contribution in [2.24, 2.45) is 0 Å². The highest BCUT2D eigenvalue weighted by molar-refractivity contribution is 9.11. The summed E-state index contributed by atoms with van der Waals surface area (Å²) in [6, 6.07) is 10.6. The van der Waals surface area contributed by atoms with Gasteiger partial charge in [-0.25, -0.2) is 3.97 Å². The number of aromatic amines is 1. The molecule has 0 spiro atoms. The standard InChI is InChI=1S/C8H6BrNO2S2.C4H5N/c9-7-3-4-8(13-7)14(11,12)10-5-1-2-6-10;1-2-4-5-3-1/h1-6H;1-5H. The number of rotatable bonds is 2. The van der Waals surface area contributed by atoms with Crippen LogP contribution in [0.1, 0.15) is 0 Å². The molecule has 0 radical (unpaired) electrons. The van der Waals surface area contributed by atoms with Crippen LogP contribution in [-0.4, -0.2) is 17.4 Å². The summed E-state index contributed by atoms with van der Waals surface area (Å²) < 4.78 is 26.1. The molecule has 1 N–H and O–H groups in total. The second kappa shape index (κ2) is 6.23. The van der Waals surface area contributed by atoms with E-state index in [2.05, 4.69) is 20.9 Å². The number of hydrogen-bond donors (Lipinski definition) is 1. The van der Waals surface area contributed by atoms with Crippen molar-refractivity contribution >= 4 is 37.3 Å². The molecule has 3 aromatic rings. The molecule has 0 aliphatic rings. The Morgan fingerprint density at radius 3 is 2.11 bits per heavy atom. The van der Waals surface area contributed by atoms with Gasteiger partial charge in [0.2, 0.25) is 0 Å². The summed E-state index contributed by atoms with van der Waals surface area (Å²) >= 11 is 4.43. The number of thiophene rings is 1. The second-order valence-corrected chi connectivity index (χ2v) is 7.99. The first-order valence-corrected chi connectivity index (χ1v) is 8.37. The number of halogens is 1. The fraction of sp³-hybridized carbons (Fsp3) is 0. The summed E-state index contributed by atoms with van der Waals surface area (Å²) in [5, 5.41) is 0. The molecule has 0 unspecified atom stereocenters. The third kappa shape index (κ3) is 3.59. The van der Waals surface area contributed by atoms with Gasteiger partial charge in [-0.2, -0.15) is 8.42 Å². The third-order valence-corrected chi connectivity index (χ3v) is 5.90. The Hall–Kier alpha value is -1.31. The van der Waals surface area contributed by atoms with Gasteiger partial charge in [-0.1, -0.05) is 0 Å². The quantitative estimate of drug-likeness (QED) is 0.761. The van der Waals surface area contributed by atoms with Crippen LogP contribution >= 0.6 is 27.3 Å². The van der Waals surface area contributed by atoms with E-state index < -0.39 is 10.0 Å². The summed E-state index contributed by atoms with van der Waals surface area (Å²) in [5.41, 5.74) is 0. The minimum Gasteiger partial charge on any atom is -0.368 e. The smallest absolute Gasteiger partial charge is 0.277 e. The number of hydrogen-bond acceptors (Lipinski definition) is 3. The molecule has 100 valence electrons. The molecule has 0 aromatic carbocycles. The van der Waals surface area contributed by atoms with Gasteiger partial charge in [-0.3, -0.25) is 0 Å². The van der Waals surface area contributed by atoms with E-state index in [0.717, 1.165) is 3.79 Å².